The number of benzene rings is 3. The molecular formula is C18H17AuNO3P. The molecule has 0 heterocycles. The van der Waals surface area contributed by atoms with E-state index in [2.05, 4.69) is 112 Å². The fourth-order valence-corrected chi connectivity index (χ4v) is 8.59. The molecule has 3 aromatic rings. The van der Waals surface area contributed by atoms with Crippen LogP contribution < -0.4 is 15.9 Å². The van der Waals surface area contributed by atoms with Crippen molar-refractivity contribution in [2.75, 3.05) is 0 Å². The van der Waals surface area contributed by atoms with Gasteiger partial charge < -0.3 is 5.21 Å². The summed E-state index contributed by atoms with van der Waals surface area (Å²) in [7, 11) is 0. The zero-order valence-electron chi connectivity index (χ0n) is 12.7. The molecule has 4 nitrogen and oxygen atoms in total. The fraction of sp³-hybridized carbons (Fsp3) is 0. The second-order valence-corrected chi connectivity index (χ2v) is 12.7. The van der Waals surface area contributed by atoms with Crippen LogP contribution >= 0.6 is 5.15 Å². The van der Waals surface area contributed by atoms with Gasteiger partial charge in [0.25, 0.3) is 5.09 Å². The van der Waals surface area contributed by atoms with Gasteiger partial charge in [-0.15, -0.1) is 10.1 Å². The number of rotatable bonds is 3. The Morgan fingerprint density at radius 1 is 0.708 bits per heavy atom. The molecule has 0 aliphatic carbocycles. The zero-order valence-corrected chi connectivity index (χ0v) is 15.8. The third kappa shape index (κ3) is 4.53. The first-order chi connectivity index (χ1) is 11.5. The van der Waals surface area contributed by atoms with Crippen molar-refractivity contribution in [2.24, 2.45) is 0 Å². The predicted molar refractivity (Wildman–Crippen MR) is 95.3 cm³/mol. The van der Waals surface area contributed by atoms with Crippen LogP contribution in [0.5, 0.6) is 0 Å². The molecule has 0 radical (unpaired) electrons. The van der Waals surface area contributed by atoms with Gasteiger partial charge in [0.05, 0.1) is 0 Å². The molecule has 0 bridgehead atoms. The van der Waals surface area contributed by atoms with E-state index in [9.17, 15) is 0 Å². The van der Waals surface area contributed by atoms with Crippen molar-refractivity contribution in [1.82, 2.24) is 0 Å². The van der Waals surface area contributed by atoms with E-state index in [1.165, 1.54) is 15.9 Å². The molecule has 0 saturated heterocycles. The van der Waals surface area contributed by atoms with Crippen LogP contribution in [0.2, 0.25) is 0 Å². The Kier molecular flexibility index (Phi) is 6.71. The Bertz CT molecular complexity index is 669. The van der Waals surface area contributed by atoms with Crippen molar-refractivity contribution >= 4 is 21.1 Å². The minimum atomic E-state index is -1.93. The molecule has 0 unspecified atom stereocenters. The first-order valence-electron chi connectivity index (χ1n) is 7.20. The summed E-state index contributed by atoms with van der Waals surface area (Å²) in [6, 6.07) is 32.6. The first-order valence-corrected chi connectivity index (χ1v) is 12.2. The van der Waals surface area contributed by atoms with Crippen LogP contribution in [0.3, 0.4) is 0 Å². The molecule has 0 aliphatic heterocycles. The van der Waals surface area contributed by atoms with Crippen LogP contribution in [-0.4, -0.2) is 10.3 Å². The molecule has 0 amide bonds. The molecule has 0 atom stereocenters. The van der Waals surface area contributed by atoms with Gasteiger partial charge in [0, 0.05) is 0 Å². The van der Waals surface area contributed by atoms with Gasteiger partial charge >= 0.3 is 133 Å². The monoisotopic (exact) mass is 523 g/mol. The van der Waals surface area contributed by atoms with Gasteiger partial charge in [0.1, 0.15) is 0 Å². The van der Waals surface area contributed by atoms with Crippen LogP contribution in [0.4, 0.5) is 0 Å². The van der Waals surface area contributed by atoms with Crippen molar-refractivity contribution in [3.63, 3.8) is 0 Å². The Balaban J connectivity index is 0.000000471. The van der Waals surface area contributed by atoms with Gasteiger partial charge in [-0.3, -0.25) is 0 Å². The molecule has 0 fully saturated rings. The van der Waals surface area contributed by atoms with Crippen LogP contribution in [0, 0.1) is 10.1 Å². The molecule has 1 N–H and O–H groups in total. The van der Waals surface area contributed by atoms with Gasteiger partial charge in [-0.2, -0.15) is 0 Å². The summed E-state index contributed by atoms with van der Waals surface area (Å²) in [6.45, 7) is 0. The van der Waals surface area contributed by atoms with E-state index in [1.54, 1.807) is 0 Å². The molecule has 0 spiro atoms. The summed E-state index contributed by atoms with van der Waals surface area (Å²) in [5.74, 6) is 0. The standard InChI is InChI=1S/C18H15P.Au.HNO3/c1-4-10-16(11-5-1)19(17-12-6-2-7-13-17)18-14-8-3-9-15-18;;2-1(3)4/h1-15H;;(H,2,3,4)/q;-1;/p+1. The second kappa shape index (κ2) is 8.76. The summed E-state index contributed by atoms with van der Waals surface area (Å²) < 4.78 is 0. The number of nitrogens with zero attached hydrogens (tertiary/aromatic N) is 1. The Hall–Kier alpha value is -1.97. The molecule has 6 heteroatoms. The van der Waals surface area contributed by atoms with E-state index in [0.717, 1.165) is 0 Å². The molecular weight excluding hydrogens is 506 g/mol. The van der Waals surface area contributed by atoms with Crippen LogP contribution in [0.25, 0.3) is 0 Å². The van der Waals surface area contributed by atoms with Gasteiger partial charge in [-0.1, -0.05) is 0 Å². The van der Waals surface area contributed by atoms with Gasteiger partial charge in [-0.05, 0) is 0 Å². The van der Waals surface area contributed by atoms with E-state index in [0.29, 0.717) is 0 Å². The van der Waals surface area contributed by atoms with E-state index in [1.807, 2.05) is 0 Å². The average molecular weight is 523 g/mol. The van der Waals surface area contributed by atoms with Crippen molar-refractivity contribution in [3.8, 4) is 0 Å². The molecule has 0 saturated carbocycles. The summed E-state index contributed by atoms with van der Waals surface area (Å²) in [6.07, 6.45) is 0. The average Bonchev–Trinajstić information content (AvgIpc) is 2.63. The Labute approximate surface area is 152 Å². The SMILES string of the molecule is O=[N+]([O-])O.[Au][PH](c1ccccc1)(c1ccccc1)c1ccccc1. The van der Waals surface area contributed by atoms with Crippen molar-refractivity contribution in [3.05, 3.63) is 101 Å². The normalized spacial score (nSPS) is 11.1. The summed E-state index contributed by atoms with van der Waals surface area (Å²) >= 11 is 2.94. The number of hydrogen-bond donors (Lipinski definition) is 1. The van der Waals surface area contributed by atoms with E-state index < -0.39 is 10.2 Å². The van der Waals surface area contributed by atoms with Crippen LogP contribution in [0.1, 0.15) is 0 Å². The Morgan fingerprint density at radius 3 is 1.12 bits per heavy atom. The fourth-order valence-electron chi connectivity index (χ4n) is 2.47. The molecule has 0 aromatic heterocycles. The maximum atomic E-state index is 8.36. The summed E-state index contributed by atoms with van der Waals surface area (Å²) in [5, 5.41) is 16.0. The van der Waals surface area contributed by atoms with E-state index >= 15 is 0 Å². The van der Waals surface area contributed by atoms with E-state index in [-0.39, 0.29) is 0 Å². The third-order valence-electron chi connectivity index (χ3n) is 3.45. The topological polar surface area (TPSA) is 63.4 Å². The molecule has 0 aliphatic rings. The van der Waals surface area contributed by atoms with Crippen molar-refractivity contribution in [2.45, 2.75) is 0 Å². The predicted octanol–water partition coefficient (Wildman–Crippen LogP) is 2.83. The van der Waals surface area contributed by atoms with Crippen LogP contribution in [0.15, 0.2) is 91.0 Å². The number of hydrogen-bond acceptors (Lipinski definition) is 2. The van der Waals surface area contributed by atoms with Crippen molar-refractivity contribution < 1.29 is 30.8 Å². The second-order valence-electron chi connectivity index (χ2n) is 4.94. The summed E-state index contributed by atoms with van der Waals surface area (Å²) in [4.78, 5) is 8.36. The molecule has 3 rings (SSSR count). The van der Waals surface area contributed by atoms with Crippen molar-refractivity contribution in [1.29, 1.82) is 0 Å². The van der Waals surface area contributed by atoms with Crippen LogP contribution in [-0.2, 0) is 20.5 Å². The van der Waals surface area contributed by atoms with Gasteiger partial charge in [0.15, 0.2) is 0 Å². The quantitative estimate of drug-likeness (QED) is 0.249. The maximum absolute atomic E-state index is 8.36. The summed E-state index contributed by atoms with van der Waals surface area (Å²) in [5.41, 5.74) is 0. The molecule has 24 heavy (non-hydrogen) atoms. The van der Waals surface area contributed by atoms with Gasteiger partial charge in [-0.25, -0.2) is 0 Å². The zero-order chi connectivity index (χ0) is 17.4. The molecule has 128 valence electrons. The van der Waals surface area contributed by atoms with E-state index in [4.69, 9.17) is 15.3 Å². The van der Waals surface area contributed by atoms with Gasteiger partial charge in [0.2, 0.25) is 0 Å². The third-order valence-corrected chi connectivity index (χ3v) is 12.3. The minimum absolute atomic E-state index is 1.43. The first kappa shape index (κ1) is 18.4. The Morgan fingerprint density at radius 2 is 0.917 bits per heavy atom. The molecule has 3 aromatic carbocycles.